The fraction of sp³-hybridized carbons (Fsp3) is 0.400. The van der Waals surface area contributed by atoms with Gasteiger partial charge in [0.25, 0.3) is 5.91 Å². The number of anilines is 1. The lowest BCUT2D eigenvalue weighted by Crippen LogP contribution is -2.44. The molecule has 0 aliphatic carbocycles. The molecule has 1 aromatic heterocycles. The number of alkyl halides is 3. The highest BCUT2D eigenvalue weighted by Crippen LogP contribution is 2.29. The minimum absolute atomic E-state index is 0.00467. The predicted octanol–water partition coefficient (Wildman–Crippen LogP) is 3.94. The van der Waals surface area contributed by atoms with Crippen LogP contribution in [0.15, 0.2) is 41.1 Å². The lowest BCUT2D eigenvalue weighted by atomic mass is 10.2. The number of carbonyl (C=O) groups is 2. The molecule has 3 rings (SSSR count). The van der Waals surface area contributed by atoms with E-state index in [9.17, 15) is 22.8 Å². The number of rotatable bonds is 4. The van der Waals surface area contributed by atoms with Gasteiger partial charge in [0, 0.05) is 37.2 Å². The van der Waals surface area contributed by atoms with Gasteiger partial charge in [0.1, 0.15) is 0 Å². The predicted molar refractivity (Wildman–Crippen MR) is 106 cm³/mol. The van der Waals surface area contributed by atoms with Crippen LogP contribution in [0.3, 0.4) is 0 Å². The highest BCUT2D eigenvalue weighted by molar-refractivity contribution is 7.08. The highest BCUT2D eigenvalue weighted by Gasteiger charge is 2.30. The Hall–Kier alpha value is -2.39. The number of hydrogen-bond donors (Lipinski definition) is 1. The maximum Gasteiger partial charge on any atom is 0.416 e. The number of hydrogen-bond acceptors (Lipinski definition) is 4. The number of nitrogens with one attached hydrogen (secondary N) is 1. The van der Waals surface area contributed by atoms with Crippen LogP contribution >= 0.6 is 11.3 Å². The lowest BCUT2D eigenvalue weighted by Gasteiger charge is -2.27. The topological polar surface area (TPSA) is 52.7 Å². The van der Waals surface area contributed by atoms with Crippen LogP contribution in [0.5, 0.6) is 0 Å². The third kappa shape index (κ3) is 5.36. The molecule has 1 atom stereocenters. The summed E-state index contributed by atoms with van der Waals surface area (Å²) in [5.41, 5.74) is 0.238. The van der Waals surface area contributed by atoms with E-state index < -0.39 is 17.8 Å². The van der Waals surface area contributed by atoms with Crippen LogP contribution in [-0.4, -0.2) is 53.8 Å². The molecule has 1 unspecified atom stereocenters. The third-order valence-electron chi connectivity index (χ3n) is 4.99. The van der Waals surface area contributed by atoms with Gasteiger partial charge in [0.15, 0.2) is 0 Å². The number of carbonyl (C=O) groups excluding carboxylic acids is 2. The zero-order chi connectivity index (χ0) is 21.0. The molecule has 1 aliphatic rings. The van der Waals surface area contributed by atoms with Gasteiger partial charge in [-0.3, -0.25) is 14.5 Å². The van der Waals surface area contributed by atoms with Crippen molar-refractivity contribution in [1.29, 1.82) is 0 Å². The highest BCUT2D eigenvalue weighted by atomic mass is 32.1. The zero-order valence-electron chi connectivity index (χ0n) is 15.9. The molecule has 1 aliphatic heterocycles. The number of benzene rings is 1. The maximum atomic E-state index is 12.6. The molecule has 0 radical (unpaired) electrons. The quantitative estimate of drug-likeness (QED) is 0.807. The van der Waals surface area contributed by atoms with Gasteiger partial charge in [0.05, 0.1) is 17.2 Å². The first-order chi connectivity index (χ1) is 13.8. The van der Waals surface area contributed by atoms with Crippen LogP contribution in [0.1, 0.15) is 29.3 Å². The number of nitrogens with zero attached hydrogens (tertiary/aromatic N) is 2. The van der Waals surface area contributed by atoms with Crippen LogP contribution in [-0.2, 0) is 11.0 Å². The molecule has 1 N–H and O–H groups in total. The first kappa shape index (κ1) is 21.3. The van der Waals surface area contributed by atoms with E-state index in [1.165, 1.54) is 23.5 Å². The van der Waals surface area contributed by atoms with Crippen LogP contribution in [0.2, 0.25) is 0 Å². The van der Waals surface area contributed by atoms with Crippen LogP contribution in [0, 0.1) is 0 Å². The van der Waals surface area contributed by atoms with Crippen molar-refractivity contribution in [1.82, 2.24) is 9.80 Å². The molecule has 2 amide bonds. The van der Waals surface area contributed by atoms with Gasteiger partial charge in [-0.1, -0.05) is 0 Å². The molecule has 2 heterocycles. The summed E-state index contributed by atoms with van der Waals surface area (Å²) in [7, 11) is 0. The van der Waals surface area contributed by atoms with Gasteiger partial charge in [-0.15, -0.1) is 0 Å². The summed E-state index contributed by atoms with van der Waals surface area (Å²) in [6.07, 6.45) is -3.66. The molecule has 2 aromatic rings. The van der Waals surface area contributed by atoms with Gasteiger partial charge in [-0.2, -0.15) is 24.5 Å². The van der Waals surface area contributed by atoms with Crippen LogP contribution in [0.25, 0.3) is 0 Å². The van der Waals surface area contributed by atoms with Gasteiger partial charge in [-0.05, 0) is 49.1 Å². The molecular formula is C20H22F3N3O2S. The standard InChI is InChI=1S/C20H22F3N3O2S/c1-14(18(27)24-17-5-3-16(4-6-17)20(21,22)23)25-8-2-9-26(11-10-25)19(28)15-7-12-29-13-15/h3-7,12-14H,2,8-11H2,1H3,(H,24,27). The molecule has 1 aromatic carbocycles. The van der Waals surface area contributed by atoms with E-state index in [1.807, 2.05) is 15.7 Å². The van der Waals surface area contributed by atoms with Gasteiger partial charge in [-0.25, -0.2) is 0 Å². The average Bonchev–Trinajstić information content (AvgIpc) is 3.11. The van der Waals surface area contributed by atoms with Gasteiger partial charge in [0.2, 0.25) is 5.91 Å². The monoisotopic (exact) mass is 425 g/mol. The van der Waals surface area contributed by atoms with Crippen LogP contribution in [0.4, 0.5) is 18.9 Å². The summed E-state index contributed by atoms with van der Waals surface area (Å²) in [5, 5.41) is 6.36. The molecule has 29 heavy (non-hydrogen) atoms. The molecule has 0 bridgehead atoms. The van der Waals surface area contributed by atoms with Gasteiger partial charge < -0.3 is 10.2 Å². The summed E-state index contributed by atoms with van der Waals surface area (Å²) in [6, 6.07) is 5.72. The van der Waals surface area contributed by atoms with E-state index in [1.54, 1.807) is 17.9 Å². The normalized spacial score (nSPS) is 16.9. The summed E-state index contributed by atoms with van der Waals surface area (Å²) in [4.78, 5) is 28.9. The Balaban J connectivity index is 1.56. The van der Waals surface area contributed by atoms with Crippen molar-refractivity contribution < 1.29 is 22.8 Å². The van der Waals surface area contributed by atoms with E-state index in [4.69, 9.17) is 0 Å². The van der Waals surface area contributed by atoms with Crippen LogP contribution < -0.4 is 5.32 Å². The SMILES string of the molecule is CC(C(=O)Nc1ccc(C(F)(F)F)cc1)N1CCCN(C(=O)c2ccsc2)CC1. The Labute approximate surface area is 171 Å². The van der Waals surface area contributed by atoms with Crippen molar-refractivity contribution >= 4 is 28.8 Å². The second kappa shape index (κ2) is 8.96. The third-order valence-corrected chi connectivity index (χ3v) is 5.68. The van der Waals surface area contributed by atoms with Crippen molar-refractivity contribution in [3.63, 3.8) is 0 Å². The number of thiophene rings is 1. The van der Waals surface area contributed by atoms with Crippen molar-refractivity contribution in [3.8, 4) is 0 Å². The largest absolute Gasteiger partial charge is 0.416 e. The summed E-state index contributed by atoms with van der Waals surface area (Å²) in [6.45, 7) is 4.12. The molecular weight excluding hydrogens is 403 g/mol. The van der Waals surface area contributed by atoms with E-state index in [0.717, 1.165) is 18.6 Å². The number of amides is 2. The average molecular weight is 425 g/mol. The zero-order valence-corrected chi connectivity index (χ0v) is 16.7. The molecule has 1 fully saturated rings. The Kier molecular flexibility index (Phi) is 6.59. The van der Waals surface area contributed by atoms with E-state index >= 15 is 0 Å². The van der Waals surface area contributed by atoms with Gasteiger partial charge >= 0.3 is 6.18 Å². The maximum absolute atomic E-state index is 12.6. The van der Waals surface area contributed by atoms with Crippen molar-refractivity contribution in [2.75, 3.05) is 31.5 Å². The lowest BCUT2D eigenvalue weighted by molar-refractivity contribution is -0.137. The van der Waals surface area contributed by atoms with E-state index in [0.29, 0.717) is 37.4 Å². The minimum Gasteiger partial charge on any atom is -0.337 e. The fourth-order valence-electron chi connectivity index (χ4n) is 3.25. The second-order valence-corrected chi connectivity index (χ2v) is 7.71. The Bertz CT molecular complexity index is 838. The molecule has 1 saturated heterocycles. The Morgan fingerprint density at radius 3 is 2.41 bits per heavy atom. The molecule has 5 nitrogen and oxygen atoms in total. The molecule has 0 saturated carbocycles. The van der Waals surface area contributed by atoms with Crippen molar-refractivity contribution in [2.45, 2.75) is 25.6 Å². The van der Waals surface area contributed by atoms with Crippen molar-refractivity contribution in [3.05, 3.63) is 52.2 Å². The first-order valence-electron chi connectivity index (χ1n) is 9.29. The second-order valence-electron chi connectivity index (χ2n) is 6.93. The fourth-order valence-corrected chi connectivity index (χ4v) is 3.88. The summed E-state index contributed by atoms with van der Waals surface area (Å²) in [5.74, 6) is -0.294. The molecule has 156 valence electrons. The van der Waals surface area contributed by atoms with Crippen molar-refractivity contribution in [2.24, 2.45) is 0 Å². The minimum atomic E-state index is -4.41. The molecule has 0 spiro atoms. The summed E-state index contributed by atoms with van der Waals surface area (Å²) < 4.78 is 37.9. The van der Waals surface area contributed by atoms with E-state index in [2.05, 4.69) is 5.32 Å². The number of halogens is 3. The molecule has 9 heteroatoms. The first-order valence-corrected chi connectivity index (χ1v) is 10.2. The smallest absolute Gasteiger partial charge is 0.337 e. The van der Waals surface area contributed by atoms with E-state index in [-0.39, 0.29) is 11.8 Å². The Morgan fingerprint density at radius 1 is 1.07 bits per heavy atom. The summed E-state index contributed by atoms with van der Waals surface area (Å²) >= 11 is 1.48. The Morgan fingerprint density at radius 2 is 1.79 bits per heavy atom.